The van der Waals surface area contributed by atoms with Crippen LogP contribution in [0.5, 0.6) is 0 Å². The summed E-state index contributed by atoms with van der Waals surface area (Å²) >= 11 is 0. The molecule has 19 heavy (non-hydrogen) atoms. The molecule has 1 heterocycles. The molecule has 0 saturated heterocycles. The minimum Gasteiger partial charge on any atom is -0.463 e. The number of benzene rings is 1. The van der Waals surface area contributed by atoms with E-state index >= 15 is 0 Å². The molecular formula is C13H11F2NO3. The number of rotatable bonds is 4. The lowest BCUT2D eigenvalue weighted by Crippen LogP contribution is -2.02. The monoisotopic (exact) mass is 267 g/mol. The Morgan fingerprint density at radius 3 is 2.84 bits per heavy atom. The molecule has 0 fully saturated rings. The van der Waals surface area contributed by atoms with Crippen LogP contribution in [0.15, 0.2) is 34.7 Å². The third kappa shape index (κ3) is 3.09. The highest BCUT2D eigenvalue weighted by molar-refractivity contribution is 5.86. The molecule has 4 nitrogen and oxygen atoms in total. The molecule has 0 saturated carbocycles. The van der Waals surface area contributed by atoms with Gasteiger partial charge in [0.2, 0.25) is 5.76 Å². The predicted octanol–water partition coefficient (Wildman–Crippen LogP) is 2.96. The highest BCUT2D eigenvalue weighted by Gasteiger charge is 2.11. The highest BCUT2D eigenvalue weighted by atomic mass is 19.1. The van der Waals surface area contributed by atoms with Gasteiger partial charge in [0.25, 0.3) is 0 Å². The minimum absolute atomic E-state index is 0.0241. The zero-order valence-electron chi connectivity index (χ0n) is 10.1. The van der Waals surface area contributed by atoms with E-state index in [0.29, 0.717) is 5.76 Å². The third-order valence-corrected chi connectivity index (χ3v) is 2.43. The Morgan fingerprint density at radius 2 is 2.11 bits per heavy atom. The lowest BCUT2D eigenvalue weighted by atomic mass is 10.3. The summed E-state index contributed by atoms with van der Waals surface area (Å²) in [5, 5.41) is 2.68. The van der Waals surface area contributed by atoms with Crippen LogP contribution in [-0.4, -0.2) is 13.1 Å². The van der Waals surface area contributed by atoms with Crippen LogP contribution in [0.1, 0.15) is 16.3 Å². The fourth-order valence-electron chi connectivity index (χ4n) is 1.50. The molecule has 100 valence electrons. The van der Waals surface area contributed by atoms with Gasteiger partial charge < -0.3 is 14.5 Å². The number of hydrogen-bond acceptors (Lipinski definition) is 4. The molecule has 0 unspecified atom stereocenters. The second-order valence-electron chi connectivity index (χ2n) is 3.74. The first kappa shape index (κ1) is 13.1. The van der Waals surface area contributed by atoms with E-state index in [0.717, 1.165) is 18.2 Å². The highest BCUT2D eigenvalue weighted by Crippen LogP contribution is 2.17. The summed E-state index contributed by atoms with van der Waals surface area (Å²) in [5.41, 5.74) is 0.0241. The van der Waals surface area contributed by atoms with Crippen molar-refractivity contribution in [1.82, 2.24) is 0 Å². The zero-order valence-corrected chi connectivity index (χ0v) is 10.1. The number of furan rings is 1. The molecule has 2 aromatic rings. The molecule has 6 heteroatoms. The van der Waals surface area contributed by atoms with Crippen LogP contribution in [0.3, 0.4) is 0 Å². The summed E-state index contributed by atoms with van der Waals surface area (Å²) in [4.78, 5) is 11.2. The molecular weight excluding hydrogens is 256 g/mol. The topological polar surface area (TPSA) is 51.5 Å². The summed E-state index contributed by atoms with van der Waals surface area (Å²) in [6.07, 6.45) is 0. The standard InChI is InChI=1S/C13H11F2NO3/c1-18-13(17)12-5-3-9(19-12)7-16-11-6-8(14)2-4-10(11)15/h2-6,16H,7H2,1H3. The lowest BCUT2D eigenvalue weighted by Gasteiger charge is -2.05. The molecule has 0 amide bonds. The van der Waals surface area contributed by atoms with Gasteiger partial charge in [-0.2, -0.15) is 0 Å². The fraction of sp³-hybridized carbons (Fsp3) is 0.154. The SMILES string of the molecule is COC(=O)c1ccc(CNc2cc(F)ccc2F)o1. The number of hydrogen-bond donors (Lipinski definition) is 1. The molecule has 1 aromatic carbocycles. The van der Waals surface area contributed by atoms with Crippen LogP contribution in [0.4, 0.5) is 14.5 Å². The first-order chi connectivity index (χ1) is 9.10. The Balaban J connectivity index is 2.04. The Hall–Kier alpha value is -2.37. The zero-order chi connectivity index (χ0) is 13.8. The number of carbonyl (C=O) groups excluding carboxylic acids is 1. The van der Waals surface area contributed by atoms with Crippen LogP contribution in [0.2, 0.25) is 0 Å². The van der Waals surface area contributed by atoms with E-state index in [9.17, 15) is 13.6 Å². The van der Waals surface area contributed by atoms with Crippen molar-refractivity contribution in [2.45, 2.75) is 6.54 Å². The van der Waals surface area contributed by atoms with Crippen LogP contribution < -0.4 is 5.32 Å². The molecule has 1 N–H and O–H groups in total. The van der Waals surface area contributed by atoms with Crippen LogP contribution >= 0.6 is 0 Å². The second kappa shape index (κ2) is 5.51. The van der Waals surface area contributed by atoms with Gasteiger partial charge in [0.1, 0.15) is 17.4 Å². The fourth-order valence-corrected chi connectivity index (χ4v) is 1.50. The van der Waals surface area contributed by atoms with E-state index in [1.54, 1.807) is 6.07 Å². The number of halogens is 2. The van der Waals surface area contributed by atoms with E-state index in [1.807, 2.05) is 0 Å². The van der Waals surface area contributed by atoms with Crippen molar-refractivity contribution < 1.29 is 22.7 Å². The van der Waals surface area contributed by atoms with Gasteiger partial charge >= 0.3 is 5.97 Å². The van der Waals surface area contributed by atoms with Crippen LogP contribution in [-0.2, 0) is 11.3 Å². The van der Waals surface area contributed by atoms with Gasteiger partial charge in [-0.3, -0.25) is 0 Å². The number of esters is 1. The van der Waals surface area contributed by atoms with Gasteiger partial charge in [-0.1, -0.05) is 0 Å². The smallest absolute Gasteiger partial charge is 0.373 e. The van der Waals surface area contributed by atoms with Crippen LogP contribution in [0, 0.1) is 11.6 Å². The largest absolute Gasteiger partial charge is 0.463 e. The van der Waals surface area contributed by atoms with E-state index < -0.39 is 17.6 Å². The Kier molecular flexibility index (Phi) is 3.79. The summed E-state index contributed by atoms with van der Waals surface area (Å²) < 4.78 is 35.9. The van der Waals surface area contributed by atoms with Crippen molar-refractivity contribution in [3.05, 3.63) is 53.5 Å². The minimum atomic E-state index is -0.594. The molecule has 0 spiro atoms. The molecule has 1 aromatic heterocycles. The first-order valence-corrected chi connectivity index (χ1v) is 5.46. The average molecular weight is 267 g/mol. The van der Waals surface area contributed by atoms with E-state index in [-0.39, 0.29) is 18.0 Å². The Bertz CT molecular complexity index is 595. The Labute approximate surface area is 108 Å². The average Bonchev–Trinajstić information content (AvgIpc) is 2.88. The third-order valence-electron chi connectivity index (χ3n) is 2.43. The quantitative estimate of drug-likeness (QED) is 0.865. The molecule has 0 atom stereocenters. The molecule has 0 aliphatic rings. The molecule has 0 bridgehead atoms. The summed E-state index contributed by atoms with van der Waals surface area (Å²) in [5.74, 6) is -1.24. The van der Waals surface area contributed by atoms with Gasteiger partial charge in [-0.15, -0.1) is 0 Å². The first-order valence-electron chi connectivity index (χ1n) is 5.46. The Morgan fingerprint density at radius 1 is 1.32 bits per heavy atom. The van der Waals surface area contributed by atoms with Crippen molar-refractivity contribution in [1.29, 1.82) is 0 Å². The van der Waals surface area contributed by atoms with Crippen molar-refractivity contribution in [3.8, 4) is 0 Å². The van der Waals surface area contributed by atoms with Gasteiger partial charge in [-0.05, 0) is 30.3 Å². The molecule has 0 aliphatic carbocycles. The lowest BCUT2D eigenvalue weighted by molar-refractivity contribution is 0.0563. The van der Waals surface area contributed by atoms with Gasteiger partial charge in [0, 0.05) is 0 Å². The molecule has 0 aliphatic heterocycles. The molecule has 0 radical (unpaired) electrons. The van der Waals surface area contributed by atoms with E-state index in [2.05, 4.69) is 10.1 Å². The van der Waals surface area contributed by atoms with Crippen LogP contribution in [0.25, 0.3) is 0 Å². The van der Waals surface area contributed by atoms with Gasteiger partial charge in [0.15, 0.2) is 0 Å². The van der Waals surface area contributed by atoms with Gasteiger partial charge in [0.05, 0.1) is 19.3 Å². The number of ether oxygens (including phenoxy) is 1. The van der Waals surface area contributed by atoms with Crippen molar-refractivity contribution in [2.75, 3.05) is 12.4 Å². The van der Waals surface area contributed by atoms with Crippen molar-refractivity contribution in [2.24, 2.45) is 0 Å². The van der Waals surface area contributed by atoms with Crippen molar-refractivity contribution in [3.63, 3.8) is 0 Å². The van der Waals surface area contributed by atoms with Gasteiger partial charge in [-0.25, -0.2) is 13.6 Å². The normalized spacial score (nSPS) is 10.3. The summed E-state index contributed by atoms with van der Waals surface area (Å²) in [7, 11) is 1.24. The molecule has 2 rings (SSSR count). The number of anilines is 1. The number of carbonyl (C=O) groups is 1. The number of methoxy groups -OCH3 is 1. The maximum Gasteiger partial charge on any atom is 0.373 e. The van der Waals surface area contributed by atoms with E-state index in [1.165, 1.54) is 13.2 Å². The maximum atomic E-state index is 13.3. The summed E-state index contributed by atoms with van der Waals surface area (Å²) in [6, 6.07) is 6.10. The van der Waals surface area contributed by atoms with E-state index in [4.69, 9.17) is 4.42 Å². The predicted molar refractivity (Wildman–Crippen MR) is 63.7 cm³/mol. The van der Waals surface area contributed by atoms with Crippen molar-refractivity contribution >= 4 is 11.7 Å². The maximum absolute atomic E-state index is 13.3. The summed E-state index contributed by atoms with van der Waals surface area (Å²) in [6.45, 7) is 0.122. The second-order valence-corrected chi connectivity index (χ2v) is 3.74. The number of nitrogens with one attached hydrogen (secondary N) is 1.